The minimum Gasteiger partial charge on any atom is -0.484 e. The highest BCUT2D eigenvalue weighted by Crippen LogP contribution is 2.36. The van der Waals surface area contributed by atoms with Crippen LogP contribution in [0.5, 0.6) is 5.75 Å². The van der Waals surface area contributed by atoms with E-state index in [0.29, 0.717) is 11.4 Å². The summed E-state index contributed by atoms with van der Waals surface area (Å²) in [6, 6.07) is 11.2. The van der Waals surface area contributed by atoms with Crippen molar-refractivity contribution in [2.75, 3.05) is 23.4 Å². The second-order valence-corrected chi connectivity index (χ2v) is 7.00. The Morgan fingerprint density at radius 1 is 1.15 bits per heavy atom. The first-order valence-corrected chi connectivity index (χ1v) is 9.23. The monoisotopic (exact) mass is 368 g/mol. The van der Waals surface area contributed by atoms with Crippen LogP contribution in [-0.4, -0.2) is 25.0 Å². The van der Waals surface area contributed by atoms with Crippen molar-refractivity contribution in [3.63, 3.8) is 0 Å². The molecule has 5 nitrogen and oxygen atoms in total. The maximum atomic E-state index is 12.9. The predicted molar refractivity (Wildman–Crippen MR) is 100 cm³/mol. The van der Waals surface area contributed by atoms with Gasteiger partial charge in [0.2, 0.25) is 5.91 Å². The van der Waals surface area contributed by atoms with Crippen LogP contribution >= 0.6 is 0 Å². The molecule has 2 amide bonds. The molecule has 1 fully saturated rings. The number of carbonyl (C=O) groups excluding carboxylic acids is 2. The average Bonchev–Trinajstić information content (AvgIpc) is 3.51. The Kier molecular flexibility index (Phi) is 4.79. The Balaban J connectivity index is 1.38. The normalized spacial score (nSPS) is 15.8. The molecule has 1 aliphatic heterocycles. The van der Waals surface area contributed by atoms with Gasteiger partial charge in [-0.3, -0.25) is 9.59 Å². The number of anilines is 2. The number of aryl methyl sites for hydroxylation is 1. The van der Waals surface area contributed by atoms with Crippen molar-refractivity contribution in [2.24, 2.45) is 5.92 Å². The zero-order chi connectivity index (χ0) is 18.8. The van der Waals surface area contributed by atoms with E-state index >= 15 is 0 Å². The predicted octanol–water partition coefficient (Wildman–Crippen LogP) is 3.53. The van der Waals surface area contributed by atoms with Gasteiger partial charge in [-0.1, -0.05) is 0 Å². The lowest BCUT2D eigenvalue weighted by atomic mass is 10.0. The van der Waals surface area contributed by atoms with E-state index in [0.717, 1.165) is 43.5 Å². The minimum absolute atomic E-state index is 0.158. The number of carbonyl (C=O) groups is 2. The van der Waals surface area contributed by atoms with Gasteiger partial charge in [0.05, 0.1) is 0 Å². The third-order valence-corrected chi connectivity index (χ3v) is 4.86. The van der Waals surface area contributed by atoms with E-state index in [9.17, 15) is 14.0 Å². The van der Waals surface area contributed by atoms with Crippen LogP contribution < -0.4 is 15.0 Å². The molecule has 4 rings (SSSR count). The molecule has 0 bridgehead atoms. The summed E-state index contributed by atoms with van der Waals surface area (Å²) in [5, 5.41) is 2.81. The molecule has 1 saturated carbocycles. The number of nitrogens with zero attached hydrogens (tertiary/aromatic N) is 1. The highest BCUT2D eigenvalue weighted by atomic mass is 19.1. The van der Waals surface area contributed by atoms with Crippen LogP contribution in [0, 0.1) is 11.7 Å². The van der Waals surface area contributed by atoms with Crippen molar-refractivity contribution < 1.29 is 18.7 Å². The fourth-order valence-electron chi connectivity index (χ4n) is 3.33. The maximum Gasteiger partial charge on any atom is 0.262 e. The van der Waals surface area contributed by atoms with Crippen LogP contribution in [0.15, 0.2) is 42.5 Å². The lowest BCUT2D eigenvalue weighted by Crippen LogP contribution is -2.36. The lowest BCUT2D eigenvalue weighted by Gasteiger charge is -2.30. The van der Waals surface area contributed by atoms with Gasteiger partial charge in [0.15, 0.2) is 6.61 Å². The smallest absolute Gasteiger partial charge is 0.262 e. The van der Waals surface area contributed by atoms with Crippen LogP contribution in [0.1, 0.15) is 24.8 Å². The van der Waals surface area contributed by atoms with Crippen molar-refractivity contribution in [1.29, 1.82) is 0 Å². The molecule has 2 aromatic rings. The van der Waals surface area contributed by atoms with Crippen LogP contribution in [0.25, 0.3) is 0 Å². The number of hydrogen-bond donors (Lipinski definition) is 1. The number of hydrogen-bond acceptors (Lipinski definition) is 3. The van der Waals surface area contributed by atoms with Gasteiger partial charge < -0.3 is 15.0 Å². The standard InChI is InChI=1S/C21H21FN2O3/c22-16-5-8-18(9-6-16)27-13-20(25)23-17-7-10-19-15(12-17)2-1-11-24(19)21(26)14-3-4-14/h5-10,12,14H,1-4,11,13H2,(H,23,25). The van der Waals surface area contributed by atoms with Crippen molar-refractivity contribution in [3.8, 4) is 5.75 Å². The van der Waals surface area contributed by atoms with Gasteiger partial charge in [-0.2, -0.15) is 0 Å². The Morgan fingerprint density at radius 3 is 2.67 bits per heavy atom. The van der Waals surface area contributed by atoms with E-state index in [1.54, 1.807) is 0 Å². The van der Waals surface area contributed by atoms with E-state index in [2.05, 4.69) is 5.32 Å². The third kappa shape index (κ3) is 4.10. The Bertz CT molecular complexity index is 862. The van der Waals surface area contributed by atoms with Gasteiger partial charge in [-0.15, -0.1) is 0 Å². The second kappa shape index (κ2) is 7.39. The van der Waals surface area contributed by atoms with Crippen molar-refractivity contribution in [2.45, 2.75) is 25.7 Å². The first-order valence-electron chi connectivity index (χ1n) is 9.23. The number of nitrogens with one attached hydrogen (secondary N) is 1. The van der Waals surface area contributed by atoms with E-state index in [-0.39, 0.29) is 30.2 Å². The average molecular weight is 368 g/mol. The molecule has 0 aromatic heterocycles. The number of fused-ring (bicyclic) bond motifs is 1. The van der Waals surface area contributed by atoms with Crippen LogP contribution in [-0.2, 0) is 16.0 Å². The van der Waals surface area contributed by atoms with Gasteiger partial charge in [0, 0.05) is 23.8 Å². The Hall–Kier alpha value is -2.89. The van der Waals surface area contributed by atoms with Gasteiger partial charge >= 0.3 is 0 Å². The van der Waals surface area contributed by atoms with Gasteiger partial charge in [0.1, 0.15) is 11.6 Å². The highest BCUT2D eigenvalue weighted by Gasteiger charge is 2.35. The molecule has 27 heavy (non-hydrogen) atoms. The summed E-state index contributed by atoms with van der Waals surface area (Å²) >= 11 is 0. The van der Waals surface area contributed by atoms with E-state index in [4.69, 9.17) is 4.74 Å². The van der Waals surface area contributed by atoms with E-state index < -0.39 is 0 Å². The van der Waals surface area contributed by atoms with E-state index in [1.807, 2.05) is 23.1 Å². The lowest BCUT2D eigenvalue weighted by molar-refractivity contribution is -0.120. The molecular formula is C21H21FN2O3. The topological polar surface area (TPSA) is 58.6 Å². The molecule has 2 aliphatic rings. The Labute approximate surface area is 157 Å². The molecule has 0 saturated heterocycles. The number of halogens is 1. The highest BCUT2D eigenvalue weighted by molar-refractivity contribution is 5.98. The summed E-state index contributed by atoms with van der Waals surface area (Å²) in [4.78, 5) is 26.4. The van der Waals surface area contributed by atoms with Gasteiger partial charge in [-0.25, -0.2) is 4.39 Å². The molecule has 6 heteroatoms. The number of benzene rings is 2. The molecule has 0 spiro atoms. The molecule has 2 aromatic carbocycles. The number of amides is 2. The van der Waals surface area contributed by atoms with Crippen molar-refractivity contribution in [3.05, 3.63) is 53.8 Å². The molecule has 1 aliphatic carbocycles. The van der Waals surface area contributed by atoms with Gasteiger partial charge in [0.25, 0.3) is 5.91 Å². The van der Waals surface area contributed by atoms with Crippen molar-refractivity contribution in [1.82, 2.24) is 0 Å². The minimum atomic E-state index is -0.352. The summed E-state index contributed by atoms with van der Waals surface area (Å²) in [7, 11) is 0. The van der Waals surface area contributed by atoms with Crippen LogP contribution in [0.3, 0.4) is 0 Å². The zero-order valence-electron chi connectivity index (χ0n) is 14.9. The van der Waals surface area contributed by atoms with Crippen molar-refractivity contribution >= 4 is 23.2 Å². The number of ether oxygens (including phenoxy) is 1. The second-order valence-electron chi connectivity index (χ2n) is 7.00. The fourth-order valence-corrected chi connectivity index (χ4v) is 3.33. The SMILES string of the molecule is O=C(COc1ccc(F)cc1)Nc1ccc2c(c1)CCCN2C(=O)C1CC1. The molecule has 0 unspecified atom stereocenters. The maximum absolute atomic E-state index is 12.9. The molecule has 0 atom stereocenters. The van der Waals surface area contributed by atoms with Crippen LogP contribution in [0.2, 0.25) is 0 Å². The largest absolute Gasteiger partial charge is 0.484 e. The summed E-state index contributed by atoms with van der Waals surface area (Å²) in [6.45, 7) is 0.606. The molecular weight excluding hydrogens is 347 g/mol. The summed E-state index contributed by atoms with van der Waals surface area (Å²) in [5.41, 5.74) is 2.72. The van der Waals surface area contributed by atoms with Gasteiger partial charge in [-0.05, 0) is 73.7 Å². The summed E-state index contributed by atoms with van der Waals surface area (Å²) < 4.78 is 18.2. The third-order valence-electron chi connectivity index (χ3n) is 4.86. The quantitative estimate of drug-likeness (QED) is 0.878. The molecule has 140 valence electrons. The fraction of sp³-hybridized carbons (Fsp3) is 0.333. The Morgan fingerprint density at radius 2 is 1.93 bits per heavy atom. The molecule has 0 radical (unpaired) electrons. The molecule has 1 N–H and O–H groups in total. The first kappa shape index (κ1) is 17.5. The molecule has 1 heterocycles. The summed E-state index contributed by atoms with van der Waals surface area (Å²) in [5.74, 6) is 0.210. The van der Waals surface area contributed by atoms with E-state index in [1.165, 1.54) is 24.3 Å². The first-order chi connectivity index (χ1) is 13.1. The van der Waals surface area contributed by atoms with Crippen LogP contribution in [0.4, 0.5) is 15.8 Å². The number of rotatable bonds is 5. The zero-order valence-corrected chi connectivity index (χ0v) is 14.9. The summed E-state index contributed by atoms with van der Waals surface area (Å²) in [6.07, 6.45) is 3.80.